The SMILES string of the molecule is CCOC(=O)c1cc2c(Cl)cc(Oc3ccc(CNC(=O)OC(C)(C)C)cc3)cc2n1C. The summed E-state index contributed by atoms with van der Waals surface area (Å²) in [5.74, 6) is 0.750. The fourth-order valence-electron chi connectivity index (χ4n) is 3.12. The van der Waals surface area contributed by atoms with E-state index in [1.54, 1.807) is 42.8 Å². The van der Waals surface area contributed by atoms with Crippen LogP contribution < -0.4 is 10.1 Å². The van der Waals surface area contributed by atoms with Gasteiger partial charge in [0, 0.05) is 31.1 Å². The second-order valence-electron chi connectivity index (χ2n) is 8.25. The first kappa shape index (κ1) is 23.5. The largest absolute Gasteiger partial charge is 0.461 e. The van der Waals surface area contributed by atoms with Crippen molar-refractivity contribution in [1.29, 1.82) is 0 Å². The second kappa shape index (κ2) is 9.53. The number of amides is 1. The molecule has 1 aromatic heterocycles. The number of aryl methyl sites for hydroxylation is 1. The van der Waals surface area contributed by atoms with E-state index in [0.717, 1.165) is 16.5 Å². The topological polar surface area (TPSA) is 78.8 Å². The number of benzene rings is 2. The molecule has 0 atom stereocenters. The number of ether oxygens (including phenoxy) is 3. The van der Waals surface area contributed by atoms with Crippen LogP contribution in [-0.2, 0) is 23.1 Å². The van der Waals surface area contributed by atoms with Crippen LogP contribution in [0.2, 0.25) is 5.02 Å². The zero-order chi connectivity index (χ0) is 23.5. The van der Waals surface area contributed by atoms with Gasteiger partial charge < -0.3 is 24.1 Å². The van der Waals surface area contributed by atoms with Gasteiger partial charge in [-0.1, -0.05) is 23.7 Å². The van der Waals surface area contributed by atoms with Crippen LogP contribution in [0.15, 0.2) is 42.5 Å². The second-order valence-corrected chi connectivity index (χ2v) is 8.66. The number of halogens is 1. The molecule has 0 saturated carbocycles. The molecule has 7 nitrogen and oxygen atoms in total. The van der Waals surface area contributed by atoms with Gasteiger partial charge in [0.15, 0.2) is 0 Å². The van der Waals surface area contributed by atoms with Gasteiger partial charge in [-0.2, -0.15) is 0 Å². The lowest BCUT2D eigenvalue weighted by Gasteiger charge is -2.19. The molecule has 32 heavy (non-hydrogen) atoms. The molecular weight excluding hydrogens is 432 g/mol. The molecule has 3 aromatic rings. The number of aromatic nitrogens is 1. The molecule has 0 unspecified atom stereocenters. The predicted molar refractivity (Wildman–Crippen MR) is 123 cm³/mol. The van der Waals surface area contributed by atoms with E-state index in [4.69, 9.17) is 25.8 Å². The number of fused-ring (bicyclic) bond motifs is 1. The maximum atomic E-state index is 12.2. The number of nitrogens with zero attached hydrogens (tertiary/aromatic N) is 1. The summed E-state index contributed by atoms with van der Waals surface area (Å²) in [5.41, 5.74) is 1.54. The number of alkyl carbamates (subject to hydrolysis) is 1. The van der Waals surface area contributed by atoms with Gasteiger partial charge in [0.2, 0.25) is 0 Å². The van der Waals surface area contributed by atoms with Gasteiger partial charge in [-0.3, -0.25) is 0 Å². The van der Waals surface area contributed by atoms with Crippen molar-refractivity contribution in [3.63, 3.8) is 0 Å². The third-order valence-electron chi connectivity index (χ3n) is 4.56. The Hall–Kier alpha value is -3.19. The van der Waals surface area contributed by atoms with E-state index in [2.05, 4.69) is 5.32 Å². The number of rotatable bonds is 6. The number of carbonyl (C=O) groups is 2. The minimum Gasteiger partial charge on any atom is -0.461 e. The molecule has 0 bridgehead atoms. The molecule has 0 radical (unpaired) electrons. The van der Waals surface area contributed by atoms with E-state index in [1.807, 2.05) is 39.0 Å². The summed E-state index contributed by atoms with van der Waals surface area (Å²) in [6.07, 6.45) is -0.467. The maximum Gasteiger partial charge on any atom is 0.407 e. The zero-order valence-electron chi connectivity index (χ0n) is 18.8. The lowest BCUT2D eigenvalue weighted by molar-refractivity contribution is 0.0508. The number of carbonyl (C=O) groups excluding carboxylic acids is 2. The molecule has 1 N–H and O–H groups in total. The smallest absolute Gasteiger partial charge is 0.407 e. The summed E-state index contributed by atoms with van der Waals surface area (Å²) in [5, 5.41) is 3.94. The number of esters is 1. The van der Waals surface area contributed by atoms with Crippen LogP contribution in [0, 0.1) is 0 Å². The normalized spacial score (nSPS) is 11.3. The van der Waals surface area contributed by atoms with Crippen LogP contribution in [0.1, 0.15) is 43.7 Å². The van der Waals surface area contributed by atoms with Crippen molar-refractivity contribution in [3.05, 3.63) is 58.7 Å². The van der Waals surface area contributed by atoms with Gasteiger partial charge in [-0.05, 0) is 51.5 Å². The summed E-state index contributed by atoms with van der Waals surface area (Å²) in [6.45, 7) is 7.84. The highest BCUT2D eigenvalue weighted by atomic mass is 35.5. The van der Waals surface area contributed by atoms with Gasteiger partial charge in [0.05, 0.1) is 17.1 Å². The average molecular weight is 459 g/mol. The molecule has 0 aliphatic carbocycles. The van der Waals surface area contributed by atoms with E-state index in [0.29, 0.717) is 35.4 Å². The fraction of sp³-hybridized carbons (Fsp3) is 0.333. The maximum absolute atomic E-state index is 12.2. The van der Waals surface area contributed by atoms with E-state index < -0.39 is 17.7 Å². The first-order valence-electron chi connectivity index (χ1n) is 10.3. The van der Waals surface area contributed by atoms with Gasteiger partial charge in [0.25, 0.3) is 0 Å². The molecule has 1 amide bonds. The predicted octanol–water partition coefficient (Wildman–Crippen LogP) is 5.83. The molecule has 0 aliphatic heterocycles. The number of hydrogen-bond donors (Lipinski definition) is 1. The molecule has 8 heteroatoms. The summed E-state index contributed by atoms with van der Waals surface area (Å²) in [7, 11) is 1.78. The third-order valence-corrected chi connectivity index (χ3v) is 4.88. The summed E-state index contributed by atoms with van der Waals surface area (Å²) < 4.78 is 18.0. The van der Waals surface area contributed by atoms with Crippen LogP contribution in [0.4, 0.5) is 4.79 Å². The first-order valence-corrected chi connectivity index (χ1v) is 10.6. The third kappa shape index (κ3) is 5.73. The van der Waals surface area contributed by atoms with E-state index in [9.17, 15) is 9.59 Å². The Morgan fingerprint density at radius 2 is 1.75 bits per heavy atom. The molecule has 0 fully saturated rings. The first-order chi connectivity index (χ1) is 15.1. The zero-order valence-corrected chi connectivity index (χ0v) is 19.6. The summed E-state index contributed by atoms with van der Waals surface area (Å²) >= 11 is 6.44. The average Bonchev–Trinajstić information content (AvgIpc) is 3.04. The lowest BCUT2D eigenvalue weighted by Crippen LogP contribution is -2.32. The Bertz CT molecular complexity index is 1130. The Balaban J connectivity index is 1.71. The Kier molecular flexibility index (Phi) is 6.99. The van der Waals surface area contributed by atoms with Crippen LogP contribution >= 0.6 is 11.6 Å². The van der Waals surface area contributed by atoms with Gasteiger partial charge in [-0.15, -0.1) is 0 Å². The van der Waals surface area contributed by atoms with Gasteiger partial charge >= 0.3 is 12.1 Å². The molecule has 2 aromatic carbocycles. The highest BCUT2D eigenvalue weighted by molar-refractivity contribution is 6.35. The number of nitrogens with one attached hydrogen (secondary N) is 1. The van der Waals surface area contributed by atoms with E-state index in [-0.39, 0.29) is 0 Å². The minimum absolute atomic E-state index is 0.297. The van der Waals surface area contributed by atoms with Gasteiger partial charge in [-0.25, -0.2) is 9.59 Å². The number of hydrogen-bond acceptors (Lipinski definition) is 5. The molecule has 3 rings (SSSR count). The molecule has 0 aliphatic rings. The van der Waals surface area contributed by atoms with Crippen LogP contribution in [0.3, 0.4) is 0 Å². The van der Waals surface area contributed by atoms with Crippen LogP contribution in [-0.4, -0.2) is 28.8 Å². The van der Waals surface area contributed by atoms with E-state index >= 15 is 0 Å². The summed E-state index contributed by atoms with van der Waals surface area (Å²) in [6, 6.07) is 12.6. The van der Waals surface area contributed by atoms with Crippen molar-refractivity contribution < 1.29 is 23.8 Å². The van der Waals surface area contributed by atoms with Crippen LogP contribution in [0.5, 0.6) is 11.5 Å². The van der Waals surface area contributed by atoms with Crippen molar-refractivity contribution >= 4 is 34.6 Å². The Morgan fingerprint density at radius 1 is 1.06 bits per heavy atom. The van der Waals surface area contributed by atoms with Crippen molar-refractivity contribution in [2.75, 3.05) is 6.61 Å². The Morgan fingerprint density at radius 3 is 2.38 bits per heavy atom. The Labute approximate surface area is 192 Å². The molecule has 1 heterocycles. The molecule has 0 spiro atoms. The highest BCUT2D eigenvalue weighted by Gasteiger charge is 2.18. The minimum atomic E-state index is -0.542. The van der Waals surface area contributed by atoms with Crippen molar-refractivity contribution in [1.82, 2.24) is 9.88 Å². The van der Waals surface area contributed by atoms with E-state index in [1.165, 1.54) is 0 Å². The molecule has 0 saturated heterocycles. The lowest BCUT2D eigenvalue weighted by atomic mass is 10.2. The van der Waals surface area contributed by atoms with Crippen LogP contribution in [0.25, 0.3) is 10.9 Å². The quantitative estimate of drug-likeness (QED) is 0.470. The van der Waals surface area contributed by atoms with Crippen molar-refractivity contribution in [2.24, 2.45) is 7.05 Å². The van der Waals surface area contributed by atoms with Gasteiger partial charge in [0.1, 0.15) is 22.8 Å². The van der Waals surface area contributed by atoms with Crippen molar-refractivity contribution in [3.8, 4) is 11.5 Å². The molecular formula is C24H27ClN2O5. The fourth-order valence-corrected chi connectivity index (χ4v) is 3.38. The van der Waals surface area contributed by atoms with Crippen molar-refractivity contribution in [2.45, 2.75) is 39.8 Å². The monoisotopic (exact) mass is 458 g/mol. The highest BCUT2D eigenvalue weighted by Crippen LogP contribution is 2.33. The summed E-state index contributed by atoms with van der Waals surface area (Å²) in [4.78, 5) is 24.0. The standard InChI is InChI=1S/C24H27ClN2O5/c1-6-30-22(28)21-13-18-19(25)11-17(12-20(18)27(21)5)31-16-9-7-15(8-10-16)14-26-23(29)32-24(2,3)4/h7-13H,6,14H2,1-5H3,(H,26,29). The molecule has 170 valence electrons.